The molecule has 6 fully saturated rings. The monoisotopic (exact) mass is 1220 g/mol. The van der Waals surface area contributed by atoms with Gasteiger partial charge in [-0.3, -0.25) is 44.3 Å². The third-order valence-corrected chi connectivity index (χ3v) is 15.5. The smallest absolute Gasteiger partial charge is 0.236 e. The first-order valence-corrected chi connectivity index (χ1v) is 28.8. The Balaban J connectivity index is 0.000000282. The minimum Gasteiger partial charge on any atom is -0.481 e. The lowest BCUT2D eigenvalue weighted by atomic mass is 9.62. The maximum Gasteiger partial charge on any atom is 0.236 e. The Labute approximate surface area is 517 Å². The predicted molar refractivity (Wildman–Crippen MR) is 336 cm³/mol. The van der Waals surface area contributed by atoms with Gasteiger partial charge in [-0.1, -0.05) is 35.8 Å². The fourth-order valence-corrected chi connectivity index (χ4v) is 11.2. The second kappa shape index (κ2) is 36.8. The fraction of sp³-hybridized carbons (Fsp3) is 0.651. The maximum atomic E-state index is 11.1. The average Bonchev–Trinajstić information content (AvgIpc) is 1.36. The van der Waals surface area contributed by atoms with Gasteiger partial charge in [0.1, 0.15) is 22.8 Å². The second-order valence-electron chi connectivity index (χ2n) is 22.5. The van der Waals surface area contributed by atoms with Crippen LogP contribution in [0.5, 0.6) is 29.4 Å². The number of hydrogen-bond donors (Lipinski definition) is 5. The maximum absolute atomic E-state index is 11.1. The van der Waals surface area contributed by atoms with Crippen LogP contribution in [0.2, 0.25) is 0 Å². The van der Waals surface area contributed by atoms with E-state index in [1.807, 2.05) is 39.8 Å². The Hall–Kier alpha value is -6.38. The van der Waals surface area contributed by atoms with Crippen molar-refractivity contribution in [1.29, 1.82) is 0 Å². The van der Waals surface area contributed by atoms with E-state index in [4.69, 9.17) is 28.8 Å². The first-order chi connectivity index (χ1) is 40.0. The number of amides is 1. The minimum absolute atomic E-state index is 0. The summed E-state index contributed by atoms with van der Waals surface area (Å²) >= 11 is 0. The van der Waals surface area contributed by atoms with Crippen LogP contribution in [0.1, 0.15) is 132 Å². The van der Waals surface area contributed by atoms with E-state index in [0.717, 1.165) is 168 Å². The number of carbonyl (C=O) groups is 1. The van der Waals surface area contributed by atoms with Crippen molar-refractivity contribution in [3.63, 3.8) is 0 Å². The molecule has 5 saturated heterocycles. The summed E-state index contributed by atoms with van der Waals surface area (Å²) in [5.41, 5.74) is 8.51. The lowest BCUT2D eigenvalue weighted by molar-refractivity contribution is -0.131. The molecule has 5 aromatic heterocycles. The molecule has 5 aliphatic heterocycles. The van der Waals surface area contributed by atoms with E-state index in [9.17, 15) is 20.1 Å². The van der Waals surface area contributed by atoms with Gasteiger partial charge in [0.25, 0.3) is 0 Å². The van der Waals surface area contributed by atoms with Crippen LogP contribution in [0.4, 0.5) is 0 Å². The highest BCUT2D eigenvalue weighted by atomic mass is 16.5. The molecule has 1 amide bonds. The van der Waals surface area contributed by atoms with Crippen LogP contribution < -0.4 is 29.0 Å². The lowest BCUT2D eigenvalue weighted by Gasteiger charge is -2.57. The van der Waals surface area contributed by atoms with Crippen LogP contribution >= 0.6 is 0 Å². The molecule has 5 aromatic rings. The molecule has 0 radical (unpaired) electrons. The number of nitrogens with one attached hydrogen (secondary N) is 1. The van der Waals surface area contributed by atoms with Crippen LogP contribution in [0, 0.1) is 39.0 Å². The molecule has 1 aliphatic carbocycles. The highest BCUT2D eigenvalue weighted by Crippen LogP contribution is 2.48. The minimum atomic E-state index is -0.158. The third-order valence-electron chi connectivity index (χ3n) is 15.5. The van der Waals surface area contributed by atoms with E-state index in [-0.39, 0.29) is 67.1 Å². The molecule has 5 N–H and O–H groups in total. The summed E-state index contributed by atoms with van der Waals surface area (Å²) in [6, 6.07) is 4.60. The molecular weight excluding hydrogens is 1110 g/mol. The highest BCUT2D eigenvalue weighted by molar-refractivity contribution is 5.78. The highest BCUT2D eigenvalue weighted by Gasteiger charge is 2.51. The van der Waals surface area contributed by atoms with Gasteiger partial charge in [0.15, 0.2) is 0 Å². The summed E-state index contributed by atoms with van der Waals surface area (Å²) < 4.78 is 26.1. The number of hydrogen-bond acceptors (Lipinski definition) is 23. The number of likely N-dealkylation sites (tertiary alicyclic amines) is 4. The quantitative estimate of drug-likeness (QED) is 0.0641. The van der Waals surface area contributed by atoms with Gasteiger partial charge in [0.05, 0.1) is 71.4 Å². The number of β-amino-alcohol motifs (C(OH)–C–C–N with tert-alkyl or cyclic N) is 1. The molecule has 2 unspecified atom stereocenters. The number of carbonyl (C=O) groups excluding carboxylic acids is 1. The largest absolute Gasteiger partial charge is 0.481 e. The Morgan fingerprint density at radius 1 is 0.575 bits per heavy atom. The van der Waals surface area contributed by atoms with Gasteiger partial charge in [0, 0.05) is 144 Å². The molecule has 24 nitrogen and oxygen atoms in total. The molecule has 1 spiro atoms. The summed E-state index contributed by atoms with van der Waals surface area (Å²) in [5, 5.41) is 39.7. The first-order valence-electron chi connectivity index (χ1n) is 28.8. The summed E-state index contributed by atoms with van der Waals surface area (Å²) in [6.07, 6.45) is 16.9. The second-order valence-corrected chi connectivity index (χ2v) is 22.5. The van der Waals surface area contributed by atoms with Gasteiger partial charge in [0.2, 0.25) is 35.3 Å². The van der Waals surface area contributed by atoms with E-state index in [0.29, 0.717) is 59.7 Å². The Kier molecular flexibility index (Phi) is 31.7. The topological polar surface area (TPSA) is 285 Å². The van der Waals surface area contributed by atoms with Gasteiger partial charge in [-0.2, -0.15) is 0 Å². The van der Waals surface area contributed by atoms with E-state index in [2.05, 4.69) is 69.8 Å². The third kappa shape index (κ3) is 22.0. The van der Waals surface area contributed by atoms with Gasteiger partial charge in [-0.25, -0.2) is 24.9 Å². The van der Waals surface area contributed by atoms with Crippen molar-refractivity contribution in [2.45, 2.75) is 166 Å². The molecule has 6 aliphatic rings. The molecule has 1 saturated carbocycles. The van der Waals surface area contributed by atoms with Crippen LogP contribution in [-0.4, -0.2) is 210 Å². The van der Waals surface area contributed by atoms with Crippen molar-refractivity contribution < 1.29 is 48.9 Å². The Bertz CT molecular complexity index is 2810. The SMILES string of the molecule is C.C.C.C.COc1nc(C)ccc1CN1CC(O)C1.COc1nc(C)cnc1CCCC1CCC(=O)N1.COc1nc(C)cnc1CN1CC(CO)C1.COc1nc(C)cnc1CN1CCCC1CO.COc1nccnc1CN1CC2(CC(O)C2)C1. The van der Waals surface area contributed by atoms with Gasteiger partial charge >= 0.3 is 0 Å². The average molecular weight is 1220 g/mol. The molecule has 10 heterocycles. The molecule has 0 bridgehead atoms. The number of nitrogens with zero attached hydrogens (tertiary/aromatic N) is 13. The van der Waals surface area contributed by atoms with Gasteiger partial charge < -0.3 is 49.4 Å². The number of ether oxygens (including phenoxy) is 5. The lowest BCUT2D eigenvalue weighted by Crippen LogP contribution is -2.63. The Morgan fingerprint density at radius 3 is 1.62 bits per heavy atom. The predicted octanol–water partition coefficient (Wildman–Crippen LogP) is 5.92. The zero-order valence-electron chi connectivity index (χ0n) is 50.0. The standard InChI is InChI=1S/C13H19N3O2.C12H17N3O2.C12H19N3O2.C11H17N3O2.C11H16N2O2.4CH4/c1-9-8-14-11(13(15-9)18-2)5-3-4-10-6-7-12(17)16-10;1-17-11-10(13-2-3-14-11)6-15-7-12(8-15)4-9(16)5-12;1-9-6-13-11(12(14-9)17-2)7-15-5-3-4-10(15)8-16;1-8-3-12-10(11(13-8)16-2)6-14-4-9(5-14)7-15;1-8-3-4-9(11(12-8)15-2)5-13-6-10(14)7-13;;;;/h8,10H,3-7H2,1-2H3,(H,16,17);2-3,9,16H,4-8H2,1H3;6,10,16H,3-5,7-8H2,1-2H3;3,9,15H,4-7H2,1-2H3;3-4,10,14H,5-7H2,1-2H3;4*1H4. The zero-order chi connectivity index (χ0) is 59.5. The molecule has 11 rings (SSSR count). The summed E-state index contributed by atoms with van der Waals surface area (Å²) in [7, 11) is 8.09. The van der Waals surface area contributed by atoms with E-state index >= 15 is 0 Å². The van der Waals surface area contributed by atoms with Gasteiger partial charge in [-0.15, -0.1) is 0 Å². The number of aromatic nitrogens is 9. The van der Waals surface area contributed by atoms with Crippen molar-refractivity contribution >= 4 is 5.91 Å². The van der Waals surface area contributed by atoms with Crippen molar-refractivity contribution in [2.24, 2.45) is 11.3 Å². The van der Waals surface area contributed by atoms with Crippen LogP contribution in [0.25, 0.3) is 0 Å². The number of methoxy groups -OCH3 is 5. The number of aliphatic hydroxyl groups excluding tert-OH is 4. The summed E-state index contributed by atoms with van der Waals surface area (Å²) in [4.78, 5) is 58.7. The number of pyridine rings is 1. The Morgan fingerprint density at radius 2 is 1.09 bits per heavy atom. The molecule has 486 valence electrons. The molecular formula is C63H104N14O10. The molecule has 2 atom stereocenters. The van der Waals surface area contributed by atoms with Crippen LogP contribution in [0.15, 0.2) is 43.1 Å². The van der Waals surface area contributed by atoms with Crippen molar-refractivity contribution in [3.05, 3.63) is 94.2 Å². The molecule has 24 heteroatoms. The summed E-state index contributed by atoms with van der Waals surface area (Å²) in [5.74, 6) is 3.71. The van der Waals surface area contributed by atoms with Crippen molar-refractivity contribution in [1.82, 2.24) is 69.8 Å². The van der Waals surface area contributed by atoms with E-state index in [1.54, 1.807) is 66.5 Å². The normalized spacial score (nSPS) is 18.7. The van der Waals surface area contributed by atoms with Crippen LogP contribution in [0.3, 0.4) is 0 Å². The van der Waals surface area contributed by atoms with E-state index < -0.39 is 0 Å². The number of aliphatic hydroxyl groups is 4. The van der Waals surface area contributed by atoms with Crippen molar-refractivity contribution in [2.75, 3.05) is 94.6 Å². The van der Waals surface area contributed by atoms with E-state index in [1.165, 1.54) is 0 Å². The first kappa shape index (κ1) is 74.9. The molecule has 0 aromatic carbocycles. The van der Waals surface area contributed by atoms with Crippen LogP contribution in [-0.2, 0) is 37.4 Å². The fourth-order valence-electron chi connectivity index (χ4n) is 11.2. The summed E-state index contributed by atoms with van der Waals surface area (Å²) in [6.45, 7) is 17.6. The number of rotatable bonds is 19. The van der Waals surface area contributed by atoms with Gasteiger partial charge in [-0.05, 0) is 91.7 Å². The van der Waals surface area contributed by atoms with Crippen molar-refractivity contribution in [3.8, 4) is 29.4 Å². The molecule has 87 heavy (non-hydrogen) atoms. The number of aryl methyl sites for hydroxylation is 5. The zero-order valence-corrected chi connectivity index (χ0v) is 50.0.